The second-order valence-corrected chi connectivity index (χ2v) is 3.16. The van der Waals surface area contributed by atoms with Crippen LogP contribution in [0.1, 0.15) is 17.3 Å². The molecular formula is C12H13O3. The molecule has 0 aromatic heterocycles. The Morgan fingerprint density at radius 2 is 2.33 bits per heavy atom. The van der Waals surface area contributed by atoms with Crippen molar-refractivity contribution in [2.24, 2.45) is 0 Å². The van der Waals surface area contributed by atoms with Gasteiger partial charge < -0.3 is 9.47 Å². The van der Waals surface area contributed by atoms with Gasteiger partial charge in [0.1, 0.15) is 17.9 Å². The summed E-state index contributed by atoms with van der Waals surface area (Å²) in [6.07, 6.45) is 0. The summed E-state index contributed by atoms with van der Waals surface area (Å²) in [5.74, 6) is 0.0622. The van der Waals surface area contributed by atoms with Crippen LogP contribution in [0.15, 0.2) is 30.4 Å². The van der Waals surface area contributed by atoms with E-state index >= 15 is 0 Å². The Balaban J connectivity index is 2.86. The molecule has 0 amide bonds. The van der Waals surface area contributed by atoms with Gasteiger partial charge in [0.2, 0.25) is 0 Å². The van der Waals surface area contributed by atoms with Crippen LogP contribution < -0.4 is 4.74 Å². The van der Waals surface area contributed by atoms with E-state index < -0.39 is 5.97 Å². The molecule has 0 N–H and O–H groups in total. The topological polar surface area (TPSA) is 35.5 Å². The average Bonchev–Trinajstić information content (AvgIpc) is 2.25. The summed E-state index contributed by atoms with van der Waals surface area (Å²) in [6, 6.07) is 7.70. The highest BCUT2D eigenvalue weighted by Gasteiger charge is 2.11. The van der Waals surface area contributed by atoms with Crippen molar-refractivity contribution in [3.63, 3.8) is 0 Å². The minimum atomic E-state index is -0.427. The molecule has 0 saturated carbocycles. The minimum absolute atomic E-state index is 0.376. The van der Waals surface area contributed by atoms with Crippen LogP contribution in [0.5, 0.6) is 5.75 Å². The van der Waals surface area contributed by atoms with Crippen LogP contribution in [0, 0.1) is 6.07 Å². The van der Waals surface area contributed by atoms with E-state index in [4.69, 9.17) is 4.74 Å². The second-order valence-electron chi connectivity index (χ2n) is 3.16. The zero-order valence-electron chi connectivity index (χ0n) is 8.87. The minimum Gasteiger partial charge on any atom is -0.488 e. The smallest absolute Gasteiger partial charge is 0.341 e. The van der Waals surface area contributed by atoms with Crippen molar-refractivity contribution < 1.29 is 14.3 Å². The van der Waals surface area contributed by atoms with E-state index in [2.05, 4.69) is 17.4 Å². The number of hydrogen-bond donors (Lipinski definition) is 0. The quantitative estimate of drug-likeness (QED) is 0.558. The lowest BCUT2D eigenvalue weighted by atomic mass is 10.2. The molecule has 0 aliphatic carbocycles. The van der Waals surface area contributed by atoms with E-state index in [-0.39, 0.29) is 0 Å². The molecule has 0 aliphatic heterocycles. The van der Waals surface area contributed by atoms with Crippen LogP contribution in [-0.2, 0) is 4.74 Å². The predicted molar refractivity (Wildman–Crippen MR) is 56.9 cm³/mol. The number of hydrogen-bond acceptors (Lipinski definition) is 3. The third-order valence-corrected chi connectivity index (χ3v) is 1.70. The Bertz CT molecular complexity index is 369. The summed E-state index contributed by atoms with van der Waals surface area (Å²) in [4.78, 5) is 11.3. The van der Waals surface area contributed by atoms with Crippen molar-refractivity contribution in [2.45, 2.75) is 6.92 Å². The molecule has 1 aromatic rings. The fourth-order valence-corrected chi connectivity index (χ4v) is 1.01. The van der Waals surface area contributed by atoms with E-state index in [1.807, 2.05) is 6.92 Å². The fraction of sp³-hybridized carbons (Fsp3) is 0.250. The molecule has 0 aliphatic rings. The highest BCUT2D eigenvalue weighted by atomic mass is 16.5. The van der Waals surface area contributed by atoms with Crippen LogP contribution in [0.4, 0.5) is 0 Å². The summed E-state index contributed by atoms with van der Waals surface area (Å²) in [5, 5.41) is 0. The number of rotatable bonds is 4. The van der Waals surface area contributed by atoms with Gasteiger partial charge in [-0.1, -0.05) is 12.6 Å². The Labute approximate surface area is 89.3 Å². The summed E-state index contributed by atoms with van der Waals surface area (Å²) in [6.45, 7) is 5.95. The molecule has 0 heterocycles. The molecule has 0 saturated heterocycles. The number of methoxy groups -OCH3 is 1. The van der Waals surface area contributed by atoms with Gasteiger partial charge in [0.25, 0.3) is 0 Å². The van der Waals surface area contributed by atoms with Gasteiger partial charge in [-0.25, -0.2) is 4.79 Å². The molecule has 3 nitrogen and oxygen atoms in total. The number of carbonyl (C=O) groups excluding carboxylic acids is 1. The van der Waals surface area contributed by atoms with Crippen LogP contribution >= 0.6 is 0 Å². The van der Waals surface area contributed by atoms with Gasteiger partial charge >= 0.3 is 5.97 Å². The Morgan fingerprint density at radius 3 is 2.93 bits per heavy atom. The predicted octanol–water partition coefficient (Wildman–Crippen LogP) is 2.23. The summed E-state index contributed by atoms with van der Waals surface area (Å²) >= 11 is 0. The van der Waals surface area contributed by atoms with Crippen molar-refractivity contribution in [1.29, 1.82) is 0 Å². The van der Waals surface area contributed by atoms with E-state index in [9.17, 15) is 4.79 Å². The summed E-state index contributed by atoms with van der Waals surface area (Å²) in [5.41, 5.74) is 1.26. The lowest BCUT2D eigenvalue weighted by Gasteiger charge is -2.09. The largest absolute Gasteiger partial charge is 0.488 e. The maximum atomic E-state index is 11.3. The Kier molecular flexibility index (Phi) is 3.92. The van der Waals surface area contributed by atoms with E-state index in [1.54, 1.807) is 18.2 Å². The monoisotopic (exact) mass is 205 g/mol. The first-order chi connectivity index (χ1) is 7.15. The molecule has 3 heteroatoms. The van der Waals surface area contributed by atoms with Crippen molar-refractivity contribution >= 4 is 5.97 Å². The van der Waals surface area contributed by atoms with Crippen molar-refractivity contribution in [2.75, 3.05) is 13.7 Å². The number of esters is 1. The fourth-order valence-electron chi connectivity index (χ4n) is 1.01. The second kappa shape index (κ2) is 5.20. The molecule has 1 radical (unpaired) electrons. The average molecular weight is 205 g/mol. The van der Waals surface area contributed by atoms with Gasteiger partial charge in [-0.3, -0.25) is 0 Å². The zero-order chi connectivity index (χ0) is 11.3. The van der Waals surface area contributed by atoms with Crippen molar-refractivity contribution in [3.8, 4) is 5.75 Å². The Hall–Kier alpha value is -1.77. The molecule has 0 spiro atoms. The molecule has 15 heavy (non-hydrogen) atoms. The van der Waals surface area contributed by atoms with E-state index in [0.29, 0.717) is 17.9 Å². The maximum absolute atomic E-state index is 11.3. The normalized spacial score (nSPS) is 9.47. The highest BCUT2D eigenvalue weighted by Crippen LogP contribution is 2.18. The van der Waals surface area contributed by atoms with Crippen molar-refractivity contribution in [3.05, 3.63) is 42.0 Å². The molecule has 0 bridgehead atoms. The molecule has 1 rings (SSSR count). The van der Waals surface area contributed by atoms with Gasteiger partial charge in [-0.15, -0.1) is 0 Å². The molecule has 79 valence electrons. The van der Waals surface area contributed by atoms with Gasteiger partial charge in [0.15, 0.2) is 0 Å². The van der Waals surface area contributed by atoms with E-state index in [1.165, 1.54) is 7.11 Å². The van der Waals surface area contributed by atoms with Crippen LogP contribution in [0.2, 0.25) is 0 Å². The first-order valence-corrected chi connectivity index (χ1v) is 4.50. The third-order valence-electron chi connectivity index (χ3n) is 1.70. The lowest BCUT2D eigenvalue weighted by Crippen LogP contribution is -2.06. The Morgan fingerprint density at radius 1 is 1.60 bits per heavy atom. The summed E-state index contributed by atoms with van der Waals surface area (Å²) < 4.78 is 10.0. The SMILES string of the molecule is C=C(C)COc1cc[c]cc1C(=O)OC. The van der Waals surface area contributed by atoms with Crippen LogP contribution in [0.3, 0.4) is 0 Å². The number of carbonyl (C=O) groups is 1. The maximum Gasteiger partial charge on any atom is 0.341 e. The highest BCUT2D eigenvalue weighted by molar-refractivity contribution is 5.92. The van der Waals surface area contributed by atoms with Gasteiger partial charge in [0, 0.05) is 0 Å². The summed E-state index contributed by atoms with van der Waals surface area (Å²) in [7, 11) is 1.33. The number of ether oxygens (including phenoxy) is 2. The third kappa shape index (κ3) is 3.13. The first-order valence-electron chi connectivity index (χ1n) is 4.50. The van der Waals surface area contributed by atoms with Crippen LogP contribution in [0.25, 0.3) is 0 Å². The van der Waals surface area contributed by atoms with Gasteiger partial charge in [-0.05, 0) is 30.7 Å². The number of benzene rings is 1. The van der Waals surface area contributed by atoms with Gasteiger partial charge in [0.05, 0.1) is 7.11 Å². The molecule has 0 atom stereocenters. The molecular weight excluding hydrogens is 192 g/mol. The van der Waals surface area contributed by atoms with Crippen LogP contribution in [-0.4, -0.2) is 19.7 Å². The van der Waals surface area contributed by atoms with E-state index in [0.717, 1.165) is 5.57 Å². The zero-order valence-corrected chi connectivity index (χ0v) is 8.87. The first kappa shape index (κ1) is 11.3. The van der Waals surface area contributed by atoms with Crippen molar-refractivity contribution in [1.82, 2.24) is 0 Å². The standard InChI is InChI=1S/C12H13O3/c1-9(2)8-15-11-7-5-4-6-10(11)12(13)14-3/h5-7H,1,8H2,2-3H3. The molecule has 0 unspecified atom stereocenters. The molecule has 0 fully saturated rings. The molecule has 1 aromatic carbocycles. The van der Waals surface area contributed by atoms with Gasteiger partial charge in [-0.2, -0.15) is 0 Å². The lowest BCUT2D eigenvalue weighted by molar-refractivity contribution is 0.0596.